The smallest absolute Gasteiger partial charge is 0.0191 e. The van der Waals surface area contributed by atoms with E-state index in [1.54, 1.807) is 0 Å². The minimum atomic E-state index is 0. The highest BCUT2D eigenvalue weighted by Crippen LogP contribution is 1.96. The van der Waals surface area contributed by atoms with E-state index in [4.69, 9.17) is 0 Å². The number of hydrogen-bond acceptors (Lipinski definition) is 2. The van der Waals surface area contributed by atoms with Crippen molar-refractivity contribution in [3.05, 3.63) is 0 Å². The lowest BCUT2D eigenvalue weighted by atomic mass is 10.1. The number of rotatable bonds is 5. The van der Waals surface area contributed by atoms with Crippen molar-refractivity contribution in [3.63, 3.8) is 0 Å². The van der Waals surface area contributed by atoms with Gasteiger partial charge in [-0.15, -0.1) is 0 Å². The normalized spacial score (nSPS) is 14.1. The summed E-state index contributed by atoms with van der Waals surface area (Å²) in [5.41, 5.74) is 0. The monoisotopic (exact) mass is 146 g/mol. The predicted octanol–water partition coefficient (Wildman–Crippen LogP) is 1.18. The van der Waals surface area contributed by atoms with Gasteiger partial charge in [0.2, 0.25) is 0 Å². The number of likely N-dealkylation sites (N-methyl/N-ethyl adjacent to an activating group) is 2. The van der Waals surface area contributed by atoms with E-state index < -0.39 is 0 Å². The van der Waals surface area contributed by atoms with Crippen LogP contribution in [0.15, 0.2) is 0 Å². The summed E-state index contributed by atoms with van der Waals surface area (Å²) in [6.07, 6.45) is 2.54. The first-order valence-electron chi connectivity index (χ1n) is 4.02. The zero-order valence-corrected chi connectivity index (χ0v) is 7.65. The number of hydrogen-bond donors (Lipinski definition) is 1. The van der Waals surface area contributed by atoms with Crippen molar-refractivity contribution in [3.8, 4) is 0 Å². The third kappa shape index (κ3) is 4.77. The third-order valence-corrected chi connectivity index (χ3v) is 1.63. The average molecular weight is 146 g/mol. The molecule has 0 saturated carbocycles. The average Bonchev–Trinajstić information content (AvgIpc) is 1.86. The second kappa shape index (κ2) is 5.69. The molecule has 0 aliphatic rings. The highest BCUT2D eigenvalue weighted by atomic mass is 15.1. The second-order valence-corrected chi connectivity index (χ2v) is 3.04. The zero-order chi connectivity index (χ0) is 7.98. The van der Waals surface area contributed by atoms with Gasteiger partial charge in [0.05, 0.1) is 0 Å². The Balaban J connectivity index is 0. The fourth-order valence-corrected chi connectivity index (χ4v) is 1.12. The molecule has 0 aromatic heterocycles. The van der Waals surface area contributed by atoms with Crippen LogP contribution in [0.3, 0.4) is 0 Å². The molecule has 0 spiro atoms. The van der Waals surface area contributed by atoms with E-state index in [1.807, 2.05) is 7.05 Å². The van der Waals surface area contributed by atoms with Gasteiger partial charge in [0.15, 0.2) is 0 Å². The van der Waals surface area contributed by atoms with E-state index >= 15 is 0 Å². The minimum Gasteiger partial charge on any atom is -0.316 e. The Morgan fingerprint density at radius 2 is 2.10 bits per heavy atom. The van der Waals surface area contributed by atoms with Gasteiger partial charge in [-0.3, -0.25) is 0 Å². The van der Waals surface area contributed by atoms with Crippen LogP contribution < -0.4 is 5.32 Å². The van der Waals surface area contributed by atoms with E-state index in [1.165, 1.54) is 12.8 Å². The molecule has 0 amide bonds. The Labute approximate surface area is 66.1 Å². The van der Waals surface area contributed by atoms with Gasteiger partial charge in [-0.25, -0.2) is 0 Å². The molecule has 1 atom stereocenters. The first-order chi connectivity index (χ1) is 4.70. The summed E-state index contributed by atoms with van der Waals surface area (Å²) < 4.78 is 0. The zero-order valence-electron chi connectivity index (χ0n) is 7.65. The van der Waals surface area contributed by atoms with Crippen LogP contribution in [0.2, 0.25) is 0 Å². The summed E-state index contributed by atoms with van der Waals surface area (Å²) in [5.74, 6) is 0. The van der Waals surface area contributed by atoms with Crippen LogP contribution >= 0.6 is 0 Å². The van der Waals surface area contributed by atoms with E-state index in [2.05, 4.69) is 31.2 Å². The molecule has 0 aromatic carbocycles. The van der Waals surface area contributed by atoms with E-state index in [0.717, 1.165) is 6.54 Å². The van der Waals surface area contributed by atoms with E-state index in [0.29, 0.717) is 6.04 Å². The lowest BCUT2D eigenvalue weighted by Gasteiger charge is -2.19. The molecule has 0 unspecified atom stereocenters. The van der Waals surface area contributed by atoms with Crippen LogP contribution in [0.4, 0.5) is 0 Å². The standard InChI is InChI=1S/C8H20N2.H2/c1-5-6-8(9-2)7-10(3)4;/h8-9H,5-7H2,1-4H3;1H/t8-;/m1./s1. The van der Waals surface area contributed by atoms with Gasteiger partial charge in [0.25, 0.3) is 0 Å². The molecular formula is C8H22N2. The van der Waals surface area contributed by atoms with Gasteiger partial charge in [-0.1, -0.05) is 13.3 Å². The Kier molecular flexibility index (Phi) is 5.64. The maximum absolute atomic E-state index is 3.29. The van der Waals surface area contributed by atoms with Gasteiger partial charge >= 0.3 is 0 Å². The molecule has 2 nitrogen and oxygen atoms in total. The molecule has 64 valence electrons. The molecule has 2 heteroatoms. The summed E-state index contributed by atoms with van der Waals surface area (Å²) in [7, 11) is 6.25. The lowest BCUT2D eigenvalue weighted by molar-refractivity contribution is 0.336. The Hall–Kier alpha value is -0.0800. The van der Waals surface area contributed by atoms with Gasteiger partial charge in [0, 0.05) is 14.0 Å². The van der Waals surface area contributed by atoms with Gasteiger partial charge in [-0.05, 0) is 27.6 Å². The minimum absolute atomic E-state index is 0. The maximum atomic E-state index is 3.29. The molecule has 0 saturated heterocycles. The van der Waals surface area contributed by atoms with E-state index in [-0.39, 0.29) is 1.43 Å². The van der Waals surface area contributed by atoms with Gasteiger partial charge in [-0.2, -0.15) is 0 Å². The van der Waals surface area contributed by atoms with Crippen molar-refractivity contribution in [2.75, 3.05) is 27.7 Å². The first-order valence-corrected chi connectivity index (χ1v) is 4.02. The number of nitrogens with zero attached hydrogens (tertiary/aromatic N) is 1. The van der Waals surface area contributed by atoms with Crippen molar-refractivity contribution in [1.82, 2.24) is 10.2 Å². The molecule has 1 N–H and O–H groups in total. The van der Waals surface area contributed by atoms with Crippen LogP contribution in [0.1, 0.15) is 21.2 Å². The topological polar surface area (TPSA) is 15.3 Å². The fourth-order valence-electron chi connectivity index (χ4n) is 1.12. The van der Waals surface area contributed by atoms with Crippen LogP contribution in [-0.2, 0) is 0 Å². The second-order valence-electron chi connectivity index (χ2n) is 3.04. The summed E-state index contributed by atoms with van der Waals surface area (Å²) in [4.78, 5) is 2.22. The Morgan fingerprint density at radius 3 is 2.40 bits per heavy atom. The summed E-state index contributed by atoms with van der Waals surface area (Å²) in [6.45, 7) is 3.37. The Bertz CT molecular complexity index is 76.5. The molecule has 0 radical (unpaired) electrons. The number of nitrogens with one attached hydrogen (secondary N) is 1. The summed E-state index contributed by atoms with van der Waals surface area (Å²) in [5, 5.41) is 3.29. The maximum Gasteiger partial charge on any atom is 0.0191 e. The van der Waals surface area contributed by atoms with Crippen molar-refractivity contribution >= 4 is 0 Å². The quantitative estimate of drug-likeness (QED) is 0.626. The molecule has 0 aliphatic heterocycles. The van der Waals surface area contributed by atoms with Crippen LogP contribution in [0.25, 0.3) is 0 Å². The molecular weight excluding hydrogens is 124 g/mol. The van der Waals surface area contributed by atoms with Crippen LogP contribution in [-0.4, -0.2) is 38.6 Å². The summed E-state index contributed by atoms with van der Waals surface area (Å²) in [6, 6.07) is 0.667. The SMILES string of the molecule is CCC[C@H](CN(C)C)NC.[HH]. The van der Waals surface area contributed by atoms with Gasteiger partial charge in [0.1, 0.15) is 0 Å². The molecule has 0 bridgehead atoms. The molecule has 0 aliphatic carbocycles. The third-order valence-electron chi connectivity index (χ3n) is 1.63. The van der Waals surface area contributed by atoms with Crippen molar-refractivity contribution in [1.29, 1.82) is 0 Å². The van der Waals surface area contributed by atoms with Crippen LogP contribution in [0.5, 0.6) is 0 Å². The first kappa shape index (κ1) is 9.92. The van der Waals surface area contributed by atoms with Crippen LogP contribution in [0, 0.1) is 0 Å². The highest BCUT2D eigenvalue weighted by Gasteiger charge is 2.04. The van der Waals surface area contributed by atoms with Gasteiger partial charge < -0.3 is 10.2 Å². The molecule has 0 heterocycles. The highest BCUT2D eigenvalue weighted by molar-refractivity contribution is 4.65. The molecule has 0 aromatic rings. The molecule has 10 heavy (non-hydrogen) atoms. The van der Waals surface area contributed by atoms with Crippen molar-refractivity contribution < 1.29 is 1.43 Å². The largest absolute Gasteiger partial charge is 0.316 e. The van der Waals surface area contributed by atoms with Crippen molar-refractivity contribution in [2.24, 2.45) is 0 Å². The van der Waals surface area contributed by atoms with Crippen molar-refractivity contribution in [2.45, 2.75) is 25.8 Å². The molecule has 0 fully saturated rings. The van der Waals surface area contributed by atoms with E-state index in [9.17, 15) is 0 Å². The fraction of sp³-hybridized carbons (Fsp3) is 1.00. The lowest BCUT2D eigenvalue weighted by Crippen LogP contribution is -2.35. The predicted molar refractivity (Wildman–Crippen MR) is 48.4 cm³/mol. The molecule has 0 rings (SSSR count). The Morgan fingerprint density at radius 1 is 1.50 bits per heavy atom. The summed E-state index contributed by atoms with van der Waals surface area (Å²) >= 11 is 0.